The molecule has 1 fully saturated rings. The Morgan fingerprint density at radius 3 is 2.64 bits per heavy atom. The Morgan fingerprint density at radius 2 is 2.27 bits per heavy atom. The summed E-state index contributed by atoms with van der Waals surface area (Å²) in [5.74, 6) is 0.551. The van der Waals surface area contributed by atoms with E-state index in [1.54, 1.807) is 0 Å². The Bertz CT molecular complexity index is 134. The van der Waals surface area contributed by atoms with Gasteiger partial charge in [-0.15, -0.1) is 0 Å². The summed E-state index contributed by atoms with van der Waals surface area (Å²) in [6.07, 6.45) is 3.62. The minimum absolute atomic E-state index is 0.0109. The van der Waals surface area contributed by atoms with Gasteiger partial charge in [-0.05, 0) is 30.6 Å². The zero-order valence-electron chi connectivity index (χ0n) is 7.51. The fourth-order valence-electron chi connectivity index (χ4n) is 2.00. The van der Waals surface area contributed by atoms with Crippen molar-refractivity contribution in [2.45, 2.75) is 39.2 Å². The molecule has 1 saturated carbocycles. The Hall–Kier alpha value is -0.0800. The van der Waals surface area contributed by atoms with E-state index in [2.05, 4.69) is 13.8 Å². The Morgan fingerprint density at radius 1 is 1.64 bits per heavy atom. The first-order chi connectivity index (χ1) is 5.05. The maximum Gasteiger partial charge on any atom is 0.0585 e. The molecule has 0 aromatic heterocycles. The molecule has 0 amide bonds. The van der Waals surface area contributed by atoms with Gasteiger partial charge in [-0.3, -0.25) is 0 Å². The standard InChI is InChI=1S/C9H19NO/c1-9(2)4-3-7(5-9)8(10)6-11/h7-8,11H,3-6,10H2,1-2H3. The number of nitrogens with two attached hydrogens (primary N) is 1. The average molecular weight is 157 g/mol. The molecule has 0 saturated heterocycles. The molecule has 0 aromatic rings. The molecule has 0 heterocycles. The van der Waals surface area contributed by atoms with Crippen molar-refractivity contribution in [3.05, 3.63) is 0 Å². The van der Waals surface area contributed by atoms with Gasteiger partial charge in [-0.2, -0.15) is 0 Å². The van der Waals surface area contributed by atoms with Crippen LogP contribution >= 0.6 is 0 Å². The van der Waals surface area contributed by atoms with Crippen LogP contribution in [0.5, 0.6) is 0 Å². The largest absolute Gasteiger partial charge is 0.395 e. The van der Waals surface area contributed by atoms with Crippen LogP contribution in [0.1, 0.15) is 33.1 Å². The van der Waals surface area contributed by atoms with Gasteiger partial charge in [-0.1, -0.05) is 13.8 Å². The second-order valence-corrected chi connectivity index (χ2v) is 4.51. The van der Waals surface area contributed by atoms with Crippen molar-refractivity contribution in [3.8, 4) is 0 Å². The number of hydrogen-bond acceptors (Lipinski definition) is 2. The summed E-state index contributed by atoms with van der Waals surface area (Å²) in [6, 6.07) is 0.0109. The molecule has 0 aliphatic heterocycles. The van der Waals surface area contributed by atoms with Gasteiger partial charge in [0.1, 0.15) is 0 Å². The summed E-state index contributed by atoms with van der Waals surface area (Å²) in [5.41, 5.74) is 6.21. The summed E-state index contributed by atoms with van der Waals surface area (Å²) < 4.78 is 0. The van der Waals surface area contributed by atoms with E-state index in [1.807, 2.05) is 0 Å². The third-order valence-corrected chi connectivity index (χ3v) is 2.82. The molecule has 1 aliphatic carbocycles. The maximum atomic E-state index is 8.84. The molecule has 2 heteroatoms. The SMILES string of the molecule is CC1(C)CCC(C(N)CO)C1. The molecule has 0 spiro atoms. The Kier molecular flexibility index (Phi) is 2.55. The molecule has 1 aliphatic rings. The van der Waals surface area contributed by atoms with Crippen LogP contribution in [-0.2, 0) is 0 Å². The molecule has 66 valence electrons. The van der Waals surface area contributed by atoms with Crippen molar-refractivity contribution in [2.24, 2.45) is 17.1 Å². The highest BCUT2D eigenvalue weighted by molar-refractivity contribution is 4.86. The van der Waals surface area contributed by atoms with Crippen molar-refractivity contribution < 1.29 is 5.11 Å². The van der Waals surface area contributed by atoms with Gasteiger partial charge in [0, 0.05) is 6.04 Å². The number of hydrogen-bond donors (Lipinski definition) is 2. The molecule has 1 rings (SSSR count). The number of aliphatic hydroxyl groups is 1. The van der Waals surface area contributed by atoms with Gasteiger partial charge in [0.2, 0.25) is 0 Å². The van der Waals surface area contributed by atoms with E-state index in [0.717, 1.165) is 0 Å². The van der Waals surface area contributed by atoms with Crippen LogP contribution in [0.15, 0.2) is 0 Å². The topological polar surface area (TPSA) is 46.2 Å². The van der Waals surface area contributed by atoms with Crippen molar-refractivity contribution >= 4 is 0 Å². The summed E-state index contributed by atoms with van der Waals surface area (Å²) in [6.45, 7) is 4.69. The molecule has 2 nitrogen and oxygen atoms in total. The molecule has 0 radical (unpaired) electrons. The van der Waals surface area contributed by atoms with Crippen molar-refractivity contribution in [2.75, 3.05) is 6.61 Å². The van der Waals surface area contributed by atoms with Crippen LogP contribution in [0.25, 0.3) is 0 Å². The van der Waals surface area contributed by atoms with Gasteiger partial charge < -0.3 is 10.8 Å². The highest BCUT2D eigenvalue weighted by Gasteiger charge is 2.33. The van der Waals surface area contributed by atoms with E-state index in [4.69, 9.17) is 10.8 Å². The van der Waals surface area contributed by atoms with Gasteiger partial charge in [0.05, 0.1) is 6.61 Å². The smallest absolute Gasteiger partial charge is 0.0585 e. The van der Waals surface area contributed by atoms with Crippen molar-refractivity contribution in [1.82, 2.24) is 0 Å². The Balaban J connectivity index is 2.41. The molecular weight excluding hydrogens is 138 g/mol. The van der Waals surface area contributed by atoms with E-state index in [-0.39, 0.29) is 12.6 Å². The predicted molar refractivity (Wildman–Crippen MR) is 46.2 cm³/mol. The lowest BCUT2D eigenvalue weighted by Gasteiger charge is -2.20. The first-order valence-corrected chi connectivity index (χ1v) is 4.41. The normalized spacial score (nSPS) is 32.2. The number of aliphatic hydroxyl groups excluding tert-OH is 1. The van der Waals surface area contributed by atoms with Crippen LogP contribution in [0.4, 0.5) is 0 Å². The summed E-state index contributed by atoms with van der Waals surface area (Å²) >= 11 is 0. The Labute approximate surface area is 68.8 Å². The zero-order chi connectivity index (χ0) is 8.48. The van der Waals surface area contributed by atoms with E-state index < -0.39 is 0 Å². The predicted octanol–water partition coefficient (Wildman–Crippen LogP) is 1.13. The van der Waals surface area contributed by atoms with Crippen LogP contribution < -0.4 is 5.73 Å². The lowest BCUT2D eigenvalue weighted by Crippen LogP contribution is -2.32. The molecule has 0 bridgehead atoms. The van der Waals surface area contributed by atoms with Crippen LogP contribution in [0.2, 0.25) is 0 Å². The highest BCUT2D eigenvalue weighted by atomic mass is 16.3. The van der Waals surface area contributed by atoms with Gasteiger partial charge >= 0.3 is 0 Å². The van der Waals surface area contributed by atoms with E-state index in [1.165, 1.54) is 19.3 Å². The summed E-state index contributed by atoms with van der Waals surface area (Å²) in [7, 11) is 0. The average Bonchev–Trinajstić information content (AvgIpc) is 2.29. The fraction of sp³-hybridized carbons (Fsp3) is 1.00. The second kappa shape index (κ2) is 3.11. The third-order valence-electron chi connectivity index (χ3n) is 2.82. The summed E-state index contributed by atoms with van der Waals surface area (Å²) in [5, 5.41) is 8.84. The van der Waals surface area contributed by atoms with Crippen LogP contribution in [0, 0.1) is 11.3 Å². The van der Waals surface area contributed by atoms with E-state index >= 15 is 0 Å². The quantitative estimate of drug-likeness (QED) is 0.631. The van der Waals surface area contributed by atoms with Crippen molar-refractivity contribution in [3.63, 3.8) is 0 Å². The molecule has 11 heavy (non-hydrogen) atoms. The molecule has 0 aromatic carbocycles. The summed E-state index contributed by atoms with van der Waals surface area (Å²) in [4.78, 5) is 0. The zero-order valence-corrected chi connectivity index (χ0v) is 7.51. The first-order valence-electron chi connectivity index (χ1n) is 4.41. The minimum Gasteiger partial charge on any atom is -0.395 e. The second-order valence-electron chi connectivity index (χ2n) is 4.51. The first kappa shape index (κ1) is 9.01. The van der Waals surface area contributed by atoms with Gasteiger partial charge in [-0.25, -0.2) is 0 Å². The lowest BCUT2D eigenvalue weighted by molar-refractivity contribution is 0.219. The van der Waals surface area contributed by atoms with E-state index in [0.29, 0.717) is 11.3 Å². The third kappa shape index (κ3) is 2.17. The van der Waals surface area contributed by atoms with Crippen LogP contribution in [-0.4, -0.2) is 17.8 Å². The van der Waals surface area contributed by atoms with Gasteiger partial charge in [0.25, 0.3) is 0 Å². The monoisotopic (exact) mass is 157 g/mol. The van der Waals surface area contributed by atoms with E-state index in [9.17, 15) is 0 Å². The molecule has 3 N–H and O–H groups in total. The minimum atomic E-state index is 0.0109. The maximum absolute atomic E-state index is 8.84. The highest BCUT2D eigenvalue weighted by Crippen LogP contribution is 2.41. The molecule has 2 unspecified atom stereocenters. The van der Waals surface area contributed by atoms with Crippen LogP contribution in [0.3, 0.4) is 0 Å². The molecule has 2 atom stereocenters. The van der Waals surface area contributed by atoms with Crippen molar-refractivity contribution in [1.29, 1.82) is 0 Å². The van der Waals surface area contributed by atoms with Gasteiger partial charge in [0.15, 0.2) is 0 Å². The molecular formula is C9H19NO. The lowest BCUT2D eigenvalue weighted by atomic mass is 9.89. The number of rotatable bonds is 2. The fourth-order valence-corrected chi connectivity index (χ4v) is 2.00.